The normalized spacial score (nSPS) is 11.6. The first-order valence-electron chi connectivity index (χ1n) is 9.15. The summed E-state index contributed by atoms with van der Waals surface area (Å²) in [6, 6.07) is 12.5. The number of carbonyl (C=O) groups is 1. The van der Waals surface area contributed by atoms with E-state index in [4.69, 9.17) is 0 Å². The number of thioether (sulfide) groups is 1. The molecule has 1 aromatic carbocycles. The van der Waals surface area contributed by atoms with Gasteiger partial charge < -0.3 is 9.47 Å². The van der Waals surface area contributed by atoms with Crippen molar-refractivity contribution in [2.45, 2.75) is 37.9 Å². The number of hydrogen-bond acceptors (Lipinski definition) is 5. The third-order valence-corrected chi connectivity index (χ3v) is 6.43. The number of thiophene rings is 1. The molecule has 0 unspecified atom stereocenters. The Morgan fingerprint density at radius 1 is 1.18 bits per heavy atom. The van der Waals surface area contributed by atoms with Crippen LogP contribution in [-0.2, 0) is 23.8 Å². The summed E-state index contributed by atoms with van der Waals surface area (Å²) in [6.45, 7) is 7.24. The molecule has 0 spiro atoms. The largest absolute Gasteiger partial charge is 0.340 e. The summed E-state index contributed by atoms with van der Waals surface area (Å²) < 4.78 is 1.95. The molecule has 1 amide bonds. The number of nitrogens with zero attached hydrogens (tertiary/aromatic N) is 4. The molecule has 0 atom stereocenters. The highest BCUT2D eigenvalue weighted by atomic mass is 32.2. The SMILES string of the molecule is CN(Cc1cccs1)C(=O)CSc1nnc(-c2ccc(C(C)(C)C)cc2)n1C. The van der Waals surface area contributed by atoms with E-state index >= 15 is 0 Å². The molecule has 3 aromatic rings. The van der Waals surface area contributed by atoms with Gasteiger partial charge in [-0.15, -0.1) is 21.5 Å². The molecule has 148 valence electrons. The van der Waals surface area contributed by atoms with E-state index in [2.05, 4.69) is 55.2 Å². The quantitative estimate of drug-likeness (QED) is 0.554. The van der Waals surface area contributed by atoms with Crippen LogP contribution < -0.4 is 0 Å². The molecule has 0 radical (unpaired) electrons. The Bertz CT molecular complexity index is 924. The maximum atomic E-state index is 12.4. The van der Waals surface area contributed by atoms with Crippen LogP contribution >= 0.6 is 23.1 Å². The van der Waals surface area contributed by atoms with Crippen molar-refractivity contribution in [2.75, 3.05) is 12.8 Å². The van der Waals surface area contributed by atoms with Gasteiger partial charge in [0, 0.05) is 24.5 Å². The Hall–Kier alpha value is -2.12. The van der Waals surface area contributed by atoms with Crippen molar-refractivity contribution in [1.29, 1.82) is 0 Å². The van der Waals surface area contributed by atoms with Gasteiger partial charge in [-0.3, -0.25) is 4.79 Å². The highest BCUT2D eigenvalue weighted by Gasteiger charge is 2.17. The molecule has 28 heavy (non-hydrogen) atoms. The van der Waals surface area contributed by atoms with E-state index in [1.54, 1.807) is 16.2 Å². The molecular weight excluding hydrogens is 388 g/mol. The third kappa shape index (κ3) is 4.83. The summed E-state index contributed by atoms with van der Waals surface area (Å²) in [6.07, 6.45) is 0. The van der Waals surface area contributed by atoms with Crippen LogP contribution in [0.15, 0.2) is 46.9 Å². The lowest BCUT2D eigenvalue weighted by Crippen LogP contribution is -2.27. The standard InChI is InChI=1S/C21H26N4OS2/c1-21(2,3)16-10-8-15(9-11-16)19-22-23-20(25(19)5)28-14-18(26)24(4)13-17-7-6-12-27-17/h6-12H,13-14H2,1-5H3. The van der Waals surface area contributed by atoms with Crippen molar-refractivity contribution in [1.82, 2.24) is 19.7 Å². The van der Waals surface area contributed by atoms with E-state index in [0.29, 0.717) is 12.3 Å². The minimum atomic E-state index is 0.0810. The molecule has 5 nitrogen and oxygen atoms in total. The zero-order valence-corrected chi connectivity index (χ0v) is 18.6. The van der Waals surface area contributed by atoms with Gasteiger partial charge in [0.25, 0.3) is 0 Å². The fraction of sp³-hybridized carbons (Fsp3) is 0.381. The topological polar surface area (TPSA) is 51.0 Å². The smallest absolute Gasteiger partial charge is 0.233 e. The molecule has 3 rings (SSSR count). The molecule has 0 aliphatic carbocycles. The van der Waals surface area contributed by atoms with Gasteiger partial charge >= 0.3 is 0 Å². The van der Waals surface area contributed by atoms with Crippen LogP contribution in [-0.4, -0.2) is 38.4 Å². The van der Waals surface area contributed by atoms with Gasteiger partial charge in [0.05, 0.1) is 12.3 Å². The molecule has 2 aromatic heterocycles. The summed E-state index contributed by atoms with van der Waals surface area (Å²) in [5.41, 5.74) is 2.43. The Balaban J connectivity index is 1.64. The molecule has 0 aliphatic rings. The summed E-state index contributed by atoms with van der Waals surface area (Å²) in [4.78, 5) is 15.3. The number of aromatic nitrogens is 3. The van der Waals surface area contributed by atoms with Crippen LogP contribution in [0.5, 0.6) is 0 Å². The average Bonchev–Trinajstić information content (AvgIpc) is 3.29. The third-order valence-electron chi connectivity index (χ3n) is 4.57. The van der Waals surface area contributed by atoms with Gasteiger partial charge in [-0.05, 0) is 22.4 Å². The van der Waals surface area contributed by atoms with E-state index in [1.807, 2.05) is 36.2 Å². The van der Waals surface area contributed by atoms with Gasteiger partial charge in [0.2, 0.25) is 5.91 Å². The van der Waals surface area contributed by atoms with E-state index in [-0.39, 0.29) is 11.3 Å². The molecule has 0 aliphatic heterocycles. The number of amides is 1. The maximum absolute atomic E-state index is 12.4. The van der Waals surface area contributed by atoms with Crippen LogP contribution in [0, 0.1) is 0 Å². The fourth-order valence-electron chi connectivity index (χ4n) is 2.77. The summed E-state index contributed by atoms with van der Waals surface area (Å²) in [7, 11) is 3.77. The zero-order chi connectivity index (χ0) is 20.3. The number of rotatable bonds is 6. The molecule has 7 heteroatoms. The van der Waals surface area contributed by atoms with Crippen molar-refractivity contribution in [3.8, 4) is 11.4 Å². The lowest BCUT2D eigenvalue weighted by molar-refractivity contribution is -0.127. The molecule has 0 fully saturated rings. The number of benzene rings is 1. The molecule has 0 saturated carbocycles. The summed E-state index contributed by atoms with van der Waals surface area (Å²) in [5, 5.41) is 11.4. The second kappa shape index (κ2) is 8.49. The monoisotopic (exact) mass is 414 g/mol. The average molecular weight is 415 g/mol. The predicted octanol–water partition coefficient (Wildman–Crippen LogP) is 4.59. The summed E-state index contributed by atoms with van der Waals surface area (Å²) in [5.74, 6) is 1.23. The first-order chi connectivity index (χ1) is 13.3. The Labute approximate surface area is 174 Å². The molecule has 2 heterocycles. The Kier molecular flexibility index (Phi) is 6.25. The van der Waals surface area contributed by atoms with Gasteiger partial charge in [-0.25, -0.2) is 0 Å². The van der Waals surface area contributed by atoms with Gasteiger partial charge in [-0.2, -0.15) is 0 Å². The van der Waals surface area contributed by atoms with E-state index in [9.17, 15) is 4.79 Å². The van der Waals surface area contributed by atoms with Crippen LogP contribution in [0.25, 0.3) is 11.4 Å². The predicted molar refractivity (Wildman–Crippen MR) is 117 cm³/mol. The van der Waals surface area contributed by atoms with E-state index in [0.717, 1.165) is 16.5 Å². The number of hydrogen-bond donors (Lipinski definition) is 0. The molecule has 0 saturated heterocycles. The van der Waals surface area contributed by atoms with Crippen LogP contribution in [0.3, 0.4) is 0 Å². The Morgan fingerprint density at radius 2 is 1.89 bits per heavy atom. The van der Waals surface area contributed by atoms with Crippen LogP contribution in [0.2, 0.25) is 0 Å². The second-order valence-corrected chi connectivity index (χ2v) is 9.79. The first kappa shape index (κ1) is 20.6. The second-order valence-electron chi connectivity index (χ2n) is 7.81. The molecule has 0 N–H and O–H groups in total. The minimum Gasteiger partial charge on any atom is -0.340 e. The van der Waals surface area contributed by atoms with Crippen LogP contribution in [0.1, 0.15) is 31.2 Å². The first-order valence-corrected chi connectivity index (χ1v) is 11.0. The van der Waals surface area contributed by atoms with Crippen molar-refractivity contribution in [3.63, 3.8) is 0 Å². The lowest BCUT2D eigenvalue weighted by atomic mass is 9.87. The van der Waals surface area contributed by atoms with E-state index < -0.39 is 0 Å². The highest BCUT2D eigenvalue weighted by Crippen LogP contribution is 2.27. The molecular formula is C21H26N4OS2. The number of carbonyl (C=O) groups excluding carboxylic acids is 1. The minimum absolute atomic E-state index is 0.0810. The molecule has 0 bridgehead atoms. The zero-order valence-electron chi connectivity index (χ0n) is 17.0. The van der Waals surface area contributed by atoms with Crippen LogP contribution in [0.4, 0.5) is 0 Å². The van der Waals surface area contributed by atoms with Gasteiger partial charge in [-0.1, -0.05) is 62.9 Å². The summed E-state index contributed by atoms with van der Waals surface area (Å²) >= 11 is 3.08. The Morgan fingerprint density at radius 3 is 2.50 bits per heavy atom. The van der Waals surface area contributed by atoms with E-state index in [1.165, 1.54) is 22.2 Å². The van der Waals surface area contributed by atoms with Crippen molar-refractivity contribution >= 4 is 29.0 Å². The lowest BCUT2D eigenvalue weighted by Gasteiger charge is -2.19. The van der Waals surface area contributed by atoms with Gasteiger partial charge in [0.1, 0.15) is 0 Å². The van der Waals surface area contributed by atoms with Crippen molar-refractivity contribution < 1.29 is 4.79 Å². The van der Waals surface area contributed by atoms with Gasteiger partial charge in [0.15, 0.2) is 11.0 Å². The fourth-order valence-corrected chi connectivity index (χ4v) is 4.38. The van der Waals surface area contributed by atoms with Crippen molar-refractivity contribution in [3.05, 3.63) is 52.2 Å². The maximum Gasteiger partial charge on any atom is 0.233 e. The highest BCUT2D eigenvalue weighted by molar-refractivity contribution is 7.99. The van der Waals surface area contributed by atoms with Crippen molar-refractivity contribution in [2.24, 2.45) is 7.05 Å².